The Hall–Kier alpha value is -0.530. The maximum Gasteiger partial charge on any atom is 0.310 e. The van der Waals surface area contributed by atoms with Gasteiger partial charge in [-0.3, -0.25) is 4.79 Å². The first-order chi connectivity index (χ1) is 9.63. The standard InChI is InChI=1S/C14H18BrN2O2S.BrH/c1-16-10-13(8-15)20-17(16)9-12-6-4-3-5-11(12)7-14(18)19-2;/h3-6,9,13H,7-8,10H2,1-2H3;1H/q+1;. The van der Waals surface area contributed by atoms with Crippen molar-refractivity contribution in [2.45, 2.75) is 11.7 Å². The van der Waals surface area contributed by atoms with Crippen LogP contribution in [-0.2, 0) is 16.0 Å². The van der Waals surface area contributed by atoms with Gasteiger partial charge in [0.25, 0.3) is 0 Å². The van der Waals surface area contributed by atoms with Gasteiger partial charge in [0.05, 0.1) is 27.1 Å². The Morgan fingerprint density at radius 2 is 2.29 bits per heavy atom. The Morgan fingerprint density at radius 1 is 1.57 bits per heavy atom. The number of hydrazone groups is 1. The minimum absolute atomic E-state index is 0. The molecule has 2 rings (SSSR count). The van der Waals surface area contributed by atoms with Gasteiger partial charge in [-0.25, -0.2) is 0 Å². The molecule has 0 aliphatic carbocycles. The number of methoxy groups -OCH3 is 1. The fourth-order valence-corrected chi connectivity index (χ4v) is 3.62. The molecule has 1 fully saturated rings. The van der Waals surface area contributed by atoms with E-state index in [1.54, 1.807) is 11.9 Å². The predicted molar refractivity (Wildman–Crippen MR) is 95.7 cm³/mol. The molecule has 0 saturated carbocycles. The van der Waals surface area contributed by atoms with Gasteiger partial charge in [-0.1, -0.05) is 34.1 Å². The lowest BCUT2D eigenvalue weighted by Gasteiger charge is -2.05. The number of hydrogen-bond acceptors (Lipinski definition) is 4. The van der Waals surface area contributed by atoms with Crippen LogP contribution in [0, 0.1) is 0 Å². The van der Waals surface area contributed by atoms with Crippen LogP contribution in [0.25, 0.3) is 0 Å². The Bertz CT molecular complexity index is 525. The quantitative estimate of drug-likeness (QED) is 0.313. The molecule has 116 valence electrons. The molecule has 1 aromatic carbocycles. The topological polar surface area (TPSA) is 32.6 Å². The SMILES string of the molecule is Br.COC(=O)Cc1ccccc1C=[N+]1SC(CBr)CN1C. The number of alkyl halides is 1. The summed E-state index contributed by atoms with van der Waals surface area (Å²) >= 11 is 5.31. The first-order valence-electron chi connectivity index (χ1n) is 6.36. The zero-order valence-corrected chi connectivity index (χ0v) is 16.1. The number of esters is 1. The molecule has 4 nitrogen and oxygen atoms in total. The highest BCUT2D eigenvalue weighted by Crippen LogP contribution is 2.24. The van der Waals surface area contributed by atoms with E-state index in [9.17, 15) is 4.79 Å². The third-order valence-electron chi connectivity index (χ3n) is 3.10. The number of benzene rings is 1. The van der Waals surface area contributed by atoms with E-state index in [1.165, 1.54) is 7.11 Å². The molecule has 1 heterocycles. The lowest BCUT2D eigenvalue weighted by molar-refractivity contribution is -0.527. The van der Waals surface area contributed by atoms with Gasteiger partial charge in [0.1, 0.15) is 5.25 Å². The molecular weight excluding hydrogens is 420 g/mol. The van der Waals surface area contributed by atoms with Gasteiger partial charge in [0, 0.05) is 10.9 Å². The molecule has 1 aromatic rings. The van der Waals surface area contributed by atoms with Gasteiger partial charge < -0.3 is 4.74 Å². The third-order valence-corrected chi connectivity index (χ3v) is 5.52. The van der Waals surface area contributed by atoms with Crippen LogP contribution in [0.4, 0.5) is 0 Å². The maximum absolute atomic E-state index is 11.5. The fraction of sp³-hybridized carbons (Fsp3) is 0.429. The number of carbonyl (C=O) groups excluding carboxylic acids is 1. The van der Waals surface area contributed by atoms with Crippen LogP contribution in [0.1, 0.15) is 11.1 Å². The summed E-state index contributed by atoms with van der Waals surface area (Å²) in [6.45, 7) is 1.01. The zero-order valence-electron chi connectivity index (χ0n) is 12.0. The summed E-state index contributed by atoms with van der Waals surface area (Å²) in [6, 6.07) is 7.91. The highest BCUT2D eigenvalue weighted by molar-refractivity contribution is 9.09. The van der Waals surface area contributed by atoms with Gasteiger partial charge in [-0.15, -0.1) is 17.0 Å². The van der Waals surface area contributed by atoms with Crippen molar-refractivity contribution in [3.63, 3.8) is 0 Å². The van der Waals surface area contributed by atoms with E-state index in [0.717, 1.165) is 23.0 Å². The predicted octanol–water partition coefficient (Wildman–Crippen LogP) is 2.68. The highest BCUT2D eigenvalue weighted by Gasteiger charge is 2.32. The van der Waals surface area contributed by atoms with Crippen molar-refractivity contribution in [1.82, 2.24) is 5.01 Å². The molecular formula is C14H19Br2N2O2S+. The Kier molecular flexibility index (Phi) is 7.76. The van der Waals surface area contributed by atoms with Crippen LogP contribution in [0.3, 0.4) is 0 Å². The molecule has 0 N–H and O–H groups in total. The van der Waals surface area contributed by atoms with E-state index < -0.39 is 0 Å². The second-order valence-electron chi connectivity index (χ2n) is 4.61. The van der Waals surface area contributed by atoms with Gasteiger partial charge >= 0.3 is 5.97 Å². The molecule has 0 amide bonds. The van der Waals surface area contributed by atoms with E-state index in [0.29, 0.717) is 11.7 Å². The normalized spacial score (nSPS) is 19.5. The second-order valence-corrected chi connectivity index (χ2v) is 6.50. The van der Waals surface area contributed by atoms with Crippen molar-refractivity contribution in [2.24, 2.45) is 0 Å². The number of nitrogens with zero attached hydrogens (tertiary/aromatic N) is 2. The van der Waals surface area contributed by atoms with Gasteiger partial charge in [-0.2, -0.15) is 5.01 Å². The average Bonchev–Trinajstić information content (AvgIpc) is 2.81. The minimum atomic E-state index is -0.216. The van der Waals surface area contributed by atoms with E-state index in [2.05, 4.69) is 38.3 Å². The summed E-state index contributed by atoms with van der Waals surface area (Å²) in [7, 11) is 3.48. The molecule has 0 radical (unpaired) electrons. The molecule has 1 unspecified atom stereocenters. The largest absolute Gasteiger partial charge is 0.469 e. The number of hydrazine groups is 1. The van der Waals surface area contributed by atoms with Gasteiger partial charge in [-0.05, 0) is 15.7 Å². The summed E-state index contributed by atoms with van der Waals surface area (Å²) in [4.78, 5) is 11.5. The van der Waals surface area contributed by atoms with Crippen molar-refractivity contribution in [2.75, 3.05) is 26.0 Å². The molecule has 21 heavy (non-hydrogen) atoms. The number of hydrogen-bond donors (Lipinski definition) is 0. The number of halogens is 2. The fourth-order valence-electron chi connectivity index (χ4n) is 2.02. The Balaban J connectivity index is 0.00000220. The molecule has 1 atom stereocenters. The number of ether oxygens (including phenoxy) is 1. The summed E-state index contributed by atoms with van der Waals surface area (Å²) in [5.41, 5.74) is 2.03. The van der Waals surface area contributed by atoms with Crippen LogP contribution < -0.4 is 0 Å². The first kappa shape index (κ1) is 18.5. The van der Waals surface area contributed by atoms with E-state index in [1.807, 2.05) is 24.3 Å². The van der Waals surface area contributed by atoms with Crippen molar-refractivity contribution in [1.29, 1.82) is 0 Å². The molecule has 1 aliphatic heterocycles. The van der Waals surface area contributed by atoms with Crippen LogP contribution >= 0.6 is 44.9 Å². The van der Waals surface area contributed by atoms with Crippen LogP contribution in [0.5, 0.6) is 0 Å². The van der Waals surface area contributed by atoms with Gasteiger partial charge in [0.15, 0.2) is 11.9 Å². The third kappa shape index (κ3) is 5.00. The van der Waals surface area contributed by atoms with Crippen molar-refractivity contribution >= 4 is 57.0 Å². The van der Waals surface area contributed by atoms with E-state index in [-0.39, 0.29) is 23.0 Å². The number of rotatable bonds is 4. The molecule has 7 heteroatoms. The van der Waals surface area contributed by atoms with Crippen molar-refractivity contribution < 1.29 is 13.6 Å². The maximum atomic E-state index is 11.5. The molecule has 1 aliphatic rings. The molecule has 1 saturated heterocycles. The lowest BCUT2D eigenvalue weighted by Crippen LogP contribution is -2.24. The van der Waals surface area contributed by atoms with Crippen LogP contribution in [-0.4, -0.2) is 52.6 Å². The summed E-state index contributed by atoms with van der Waals surface area (Å²) in [5, 5.41) is 3.69. The second kappa shape index (κ2) is 8.80. The molecule has 0 bridgehead atoms. The highest BCUT2D eigenvalue weighted by atomic mass is 79.9. The monoisotopic (exact) mass is 437 g/mol. The molecule has 0 spiro atoms. The van der Waals surface area contributed by atoms with E-state index >= 15 is 0 Å². The van der Waals surface area contributed by atoms with Crippen LogP contribution in [0.2, 0.25) is 0 Å². The average molecular weight is 439 g/mol. The zero-order chi connectivity index (χ0) is 14.5. The lowest BCUT2D eigenvalue weighted by atomic mass is 10.1. The summed E-state index contributed by atoms with van der Waals surface area (Å²) in [6.07, 6.45) is 2.37. The summed E-state index contributed by atoms with van der Waals surface area (Å²) < 4.78 is 6.87. The minimum Gasteiger partial charge on any atom is -0.469 e. The summed E-state index contributed by atoms with van der Waals surface area (Å²) in [5.74, 6) is -0.216. The van der Waals surface area contributed by atoms with E-state index in [4.69, 9.17) is 4.74 Å². The van der Waals surface area contributed by atoms with Crippen molar-refractivity contribution in [3.8, 4) is 0 Å². The van der Waals surface area contributed by atoms with Gasteiger partial charge in [0.2, 0.25) is 6.21 Å². The smallest absolute Gasteiger partial charge is 0.310 e. The van der Waals surface area contributed by atoms with Crippen molar-refractivity contribution in [3.05, 3.63) is 35.4 Å². The number of carbonyl (C=O) groups is 1. The van der Waals surface area contributed by atoms with Crippen LogP contribution in [0.15, 0.2) is 24.3 Å². The first-order valence-corrected chi connectivity index (χ1v) is 8.32. The Morgan fingerprint density at radius 3 is 2.90 bits per heavy atom. The molecule has 0 aromatic heterocycles. The Labute approximate surface area is 148 Å².